The van der Waals surface area contributed by atoms with Crippen molar-refractivity contribution in [1.82, 2.24) is 5.32 Å². The quantitative estimate of drug-likeness (QED) is 0.644. The number of nitrogens with one attached hydrogen (secondary N) is 1. The summed E-state index contributed by atoms with van der Waals surface area (Å²) < 4.78 is 0. The van der Waals surface area contributed by atoms with E-state index in [-0.39, 0.29) is 18.3 Å². The zero-order chi connectivity index (χ0) is 7.56. The summed E-state index contributed by atoms with van der Waals surface area (Å²) in [6.45, 7) is 1.86. The summed E-state index contributed by atoms with van der Waals surface area (Å²) in [7, 11) is 0. The highest BCUT2D eigenvalue weighted by Gasteiger charge is 2.26. The standard InChI is InChI=1S/C7H14N2O.ClH/c1-2-7(10)9-6-3-5(8)4-6;/h5-6H,2-4,8H2,1H3,(H,9,10);1H. The fourth-order valence-corrected chi connectivity index (χ4v) is 1.11. The second kappa shape index (κ2) is 4.57. The molecule has 1 aliphatic carbocycles. The van der Waals surface area contributed by atoms with Gasteiger partial charge in [-0.2, -0.15) is 0 Å². The molecule has 0 radical (unpaired) electrons. The third kappa shape index (κ3) is 3.08. The lowest BCUT2D eigenvalue weighted by Crippen LogP contribution is -2.50. The molecule has 11 heavy (non-hydrogen) atoms. The maximum absolute atomic E-state index is 10.8. The van der Waals surface area contributed by atoms with Gasteiger partial charge in [-0.3, -0.25) is 4.79 Å². The lowest BCUT2D eigenvalue weighted by atomic mass is 9.87. The van der Waals surface area contributed by atoms with E-state index in [0.29, 0.717) is 18.5 Å². The molecule has 3 N–H and O–H groups in total. The second-order valence-electron chi connectivity index (χ2n) is 2.85. The van der Waals surface area contributed by atoms with Crippen LogP contribution in [0.1, 0.15) is 26.2 Å². The number of carbonyl (C=O) groups is 1. The van der Waals surface area contributed by atoms with Gasteiger partial charge in [-0.25, -0.2) is 0 Å². The summed E-state index contributed by atoms with van der Waals surface area (Å²) >= 11 is 0. The van der Waals surface area contributed by atoms with Crippen LogP contribution in [0.2, 0.25) is 0 Å². The van der Waals surface area contributed by atoms with Crippen LogP contribution in [0.4, 0.5) is 0 Å². The Morgan fingerprint density at radius 2 is 2.18 bits per heavy atom. The topological polar surface area (TPSA) is 55.1 Å². The van der Waals surface area contributed by atoms with Gasteiger partial charge in [-0.15, -0.1) is 12.4 Å². The van der Waals surface area contributed by atoms with Gasteiger partial charge in [-0.05, 0) is 12.8 Å². The van der Waals surface area contributed by atoms with E-state index in [1.807, 2.05) is 6.92 Å². The number of hydrogen-bond acceptors (Lipinski definition) is 2. The molecule has 4 heteroatoms. The van der Waals surface area contributed by atoms with Crippen molar-refractivity contribution < 1.29 is 4.79 Å². The van der Waals surface area contributed by atoms with Crippen molar-refractivity contribution in [3.8, 4) is 0 Å². The predicted molar refractivity (Wildman–Crippen MR) is 46.7 cm³/mol. The van der Waals surface area contributed by atoms with Crippen molar-refractivity contribution in [2.24, 2.45) is 5.73 Å². The average molecular weight is 179 g/mol. The highest BCUT2D eigenvalue weighted by Crippen LogP contribution is 2.16. The maximum Gasteiger partial charge on any atom is 0.219 e. The fourth-order valence-electron chi connectivity index (χ4n) is 1.11. The Kier molecular flexibility index (Phi) is 4.45. The molecule has 1 aliphatic rings. The van der Waals surface area contributed by atoms with Crippen molar-refractivity contribution in [3.05, 3.63) is 0 Å². The Labute approximate surface area is 73.1 Å². The van der Waals surface area contributed by atoms with Gasteiger partial charge in [0, 0.05) is 18.5 Å². The van der Waals surface area contributed by atoms with Crippen LogP contribution in [-0.4, -0.2) is 18.0 Å². The average Bonchev–Trinajstić information content (AvgIpc) is 1.84. The predicted octanol–water partition coefficient (Wildman–Crippen LogP) is 0.424. The van der Waals surface area contributed by atoms with Gasteiger partial charge < -0.3 is 11.1 Å². The van der Waals surface area contributed by atoms with E-state index in [4.69, 9.17) is 5.73 Å². The first-order valence-electron chi connectivity index (χ1n) is 3.77. The molecule has 3 nitrogen and oxygen atoms in total. The summed E-state index contributed by atoms with van der Waals surface area (Å²) in [6, 6.07) is 0.685. The van der Waals surface area contributed by atoms with Gasteiger partial charge in [0.1, 0.15) is 0 Å². The number of halogens is 1. The van der Waals surface area contributed by atoms with Crippen LogP contribution in [0.25, 0.3) is 0 Å². The third-order valence-electron chi connectivity index (χ3n) is 1.86. The molecule has 0 aliphatic heterocycles. The molecule has 0 saturated heterocycles. The van der Waals surface area contributed by atoms with E-state index in [0.717, 1.165) is 12.8 Å². The van der Waals surface area contributed by atoms with Crippen LogP contribution in [0.3, 0.4) is 0 Å². The summed E-state index contributed by atoms with van der Waals surface area (Å²) in [5, 5.41) is 2.88. The van der Waals surface area contributed by atoms with E-state index < -0.39 is 0 Å². The molecule has 0 aromatic rings. The normalized spacial score (nSPS) is 28.2. The van der Waals surface area contributed by atoms with Crippen molar-refractivity contribution in [3.63, 3.8) is 0 Å². The van der Waals surface area contributed by atoms with Crippen molar-refractivity contribution in [1.29, 1.82) is 0 Å². The van der Waals surface area contributed by atoms with E-state index >= 15 is 0 Å². The second-order valence-corrected chi connectivity index (χ2v) is 2.85. The monoisotopic (exact) mass is 178 g/mol. The number of nitrogens with two attached hydrogens (primary N) is 1. The summed E-state index contributed by atoms with van der Waals surface area (Å²) in [5.41, 5.74) is 5.53. The van der Waals surface area contributed by atoms with E-state index in [2.05, 4.69) is 5.32 Å². The molecular formula is C7H15ClN2O. The van der Waals surface area contributed by atoms with Gasteiger partial charge in [0.2, 0.25) is 5.91 Å². The van der Waals surface area contributed by atoms with Gasteiger partial charge in [0.15, 0.2) is 0 Å². The van der Waals surface area contributed by atoms with Gasteiger partial charge in [-0.1, -0.05) is 6.92 Å². The molecular weight excluding hydrogens is 164 g/mol. The minimum atomic E-state index is 0. The van der Waals surface area contributed by atoms with Crippen LogP contribution in [0.15, 0.2) is 0 Å². The van der Waals surface area contributed by atoms with Crippen molar-refractivity contribution in [2.45, 2.75) is 38.3 Å². The Bertz CT molecular complexity index is 134. The summed E-state index contributed by atoms with van der Waals surface area (Å²) in [5.74, 6) is 0.136. The Morgan fingerprint density at radius 1 is 1.64 bits per heavy atom. The first kappa shape index (κ1) is 10.7. The first-order valence-corrected chi connectivity index (χ1v) is 3.77. The van der Waals surface area contributed by atoms with E-state index in [9.17, 15) is 4.79 Å². The molecule has 0 aromatic carbocycles. The molecule has 0 spiro atoms. The number of hydrogen-bond donors (Lipinski definition) is 2. The van der Waals surface area contributed by atoms with Gasteiger partial charge in [0.25, 0.3) is 0 Å². The Morgan fingerprint density at radius 3 is 2.55 bits per heavy atom. The molecule has 1 rings (SSSR count). The SMILES string of the molecule is CCC(=O)NC1CC(N)C1.Cl. The molecule has 0 aromatic heterocycles. The number of amides is 1. The lowest BCUT2D eigenvalue weighted by Gasteiger charge is -2.32. The van der Waals surface area contributed by atoms with Gasteiger partial charge in [0.05, 0.1) is 0 Å². The minimum absolute atomic E-state index is 0. The highest BCUT2D eigenvalue weighted by atomic mass is 35.5. The Hall–Kier alpha value is -0.280. The van der Waals surface area contributed by atoms with Crippen LogP contribution < -0.4 is 11.1 Å². The summed E-state index contributed by atoms with van der Waals surface area (Å²) in [6.07, 6.45) is 2.48. The van der Waals surface area contributed by atoms with Crippen LogP contribution in [0, 0.1) is 0 Å². The molecule has 1 amide bonds. The Balaban J connectivity index is 0.000001000. The van der Waals surface area contributed by atoms with Crippen molar-refractivity contribution in [2.75, 3.05) is 0 Å². The molecule has 0 atom stereocenters. The molecule has 1 saturated carbocycles. The highest BCUT2D eigenvalue weighted by molar-refractivity contribution is 5.85. The first-order chi connectivity index (χ1) is 4.72. The molecule has 0 heterocycles. The molecule has 0 bridgehead atoms. The van der Waals surface area contributed by atoms with E-state index in [1.165, 1.54) is 0 Å². The number of carbonyl (C=O) groups excluding carboxylic acids is 1. The van der Waals surface area contributed by atoms with Crippen LogP contribution >= 0.6 is 12.4 Å². The largest absolute Gasteiger partial charge is 0.353 e. The van der Waals surface area contributed by atoms with Crippen molar-refractivity contribution >= 4 is 18.3 Å². The zero-order valence-corrected chi connectivity index (χ0v) is 7.49. The zero-order valence-electron chi connectivity index (χ0n) is 6.67. The molecule has 66 valence electrons. The molecule has 0 unspecified atom stereocenters. The smallest absolute Gasteiger partial charge is 0.219 e. The maximum atomic E-state index is 10.8. The number of rotatable bonds is 2. The third-order valence-corrected chi connectivity index (χ3v) is 1.86. The molecule has 1 fully saturated rings. The van der Waals surface area contributed by atoms with Gasteiger partial charge >= 0.3 is 0 Å². The van der Waals surface area contributed by atoms with Crippen LogP contribution in [0.5, 0.6) is 0 Å². The van der Waals surface area contributed by atoms with E-state index in [1.54, 1.807) is 0 Å². The fraction of sp³-hybridized carbons (Fsp3) is 0.857. The van der Waals surface area contributed by atoms with Crippen LogP contribution in [-0.2, 0) is 4.79 Å². The summed E-state index contributed by atoms with van der Waals surface area (Å²) in [4.78, 5) is 10.8. The minimum Gasteiger partial charge on any atom is -0.353 e. The lowest BCUT2D eigenvalue weighted by molar-refractivity contribution is -0.122.